The molecule has 9 nitrogen and oxygen atoms in total. The number of imide groups is 1. The van der Waals surface area contributed by atoms with E-state index >= 15 is 0 Å². The average Bonchev–Trinajstić information content (AvgIpc) is 3.16. The Morgan fingerprint density at radius 3 is 2.02 bits per heavy atom. The lowest BCUT2D eigenvalue weighted by molar-refractivity contribution is -0.192. The van der Waals surface area contributed by atoms with Gasteiger partial charge in [0.25, 0.3) is 5.91 Å². The van der Waals surface area contributed by atoms with Crippen molar-refractivity contribution in [3.05, 3.63) is 100 Å². The first-order chi connectivity index (χ1) is 22.1. The number of carbonyl (C=O) groups excluding carboxylic acids is 3. The molecule has 3 amide bonds. The number of hydrogen-bond acceptors (Lipinski definition) is 6. The molecule has 1 aliphatic heterocycles. The van der Waals surface area contributed by atoms with Crippen molar-refractivity contribution in [3.63, 3.8) is 0 Å². The first-order valence-electron chi connectivity index (χ1n) is 13.6. The maximum Gasteiger partial charge on any atom is 0.490 e. The molecule has 1 unspecified atom stereocenters. The third kappa shape index (κ3) is 8.26. The smallest absolute Gasteiger partial charge is 0.475 e. The zero-order chi connectivity index (χ0) is 36.4. The minimum absolute atomic E-state index is 0.164. The molecule has 0 radical (unpaired) electrons. The Bertz CT molecular complexity index is 1710. The van der Waals surface area contributed by atoms with Crippen molar-refractivity contribution < 1.29 is 64.1 Å². The zero-order valence-electron chi connectivity index (χ0n) is 25.2. The monoisotopic (exact) mass is 689 g/mol. The van der Waals surface area contributed by atoms with Crippen molar-refractivity contribution >= 4 is 29.6 Å². The van der Waals surface area contributed by atoms with E-state index < -0.39 is 70.7 Å². The van der Waals surface area contributed by atoms with Gasteiger partial charge in [-0.05, 0) is 72.9 Å². The molecule has 258 valence electrons. The topological polar surface area (TPSA) is 130 Å². The molecule has 3 aromatic rings. The van der Waals surface area contributed by atoms with Gasteiger partial charge < -0.3 is 20.5 Å². The Morgan fingerprint density at radius 1 is 0.917 bits per heavy atom. The first kappa shape index (κ1) is 37.4. The first-order valence-corrected chi connectivity index (χ1v) is 13.6. The number of anilines is 1. The highest BCUT2D eigenvalue weighted by Gasteiger charge is 2.52. The standard InChI is InChI=1S/C29H26F5N3O4.C2HF3O2/c1-28(2)26(39)37(21-10-11-23(31)22(14-21)29(32,33)34)27(40)36(28)15-18-8-9-20(30)13-19(18)12-16-4-6-17(7-5-16)24(35)25(38)41-3;3-2(4,5)1(6)7/h4-11,13-14,24H,12,15,35H2,1-3H3;(H,6,7). The number of hydrogen-bond donors (Lipinski definition) is 2. The number of urea groups is 1. The van der Waals surface area contributed by atoms with Gasteiger partial charge >= 0.3 is 30.3 Å². The van der Waals surface area contributed by atoms with Crippen LogP contribution in [0.5, 0.6) is 0 Å². The Balaban J connectivity index is 0.000000804. The summed E-state index contributed by atoms with van der Waals surface area (Å²) in [6.07, 6.45) is -9.90. The molecule has 0 saturated carbocycles. The Hall–Kier alpha value is -5.06. The molecule has 1 aliphatic rings. The van der Waals surface area contributed by atoms with Crippen LogP contribution in [0.15, 0.2) is 60.7 Å². The predicted molar refractivity (Wildman–Crippen MR) is 152 cm³/mol. The molecule has 1 heterocycles. The number of carbonyl (C=O) groups is 4. The normalized spacial score (nSPS) is 15.2. The van der Waals surface area contributed by atoms with Crippen molar-refractivity contribution in [3.8, 4) is 0 Å². The lowest BCUT2D eigenvalue weighted by atomic mass is 9.96. The van der Waals surface area contributed by atoms with Crippen molar-refractivity contribution in [1.82, 2.24) is 4.90 Å². The number of rotatable bonds is 7. The lowest BCUT2D eigenvalue weighted by Crippen LogP contribution is -2.43. The summed E-state index contributed by atoms with van der Waals surface area (Å²) < 4.78 is 104. The van der Waals surface area contributed by atoms with Crippen LogP contribution < -0.4 is 10.6 Å². The fraction of sp³-hybridized carbons (Fsp3) is 0.290. The molecule has 0 spiro atoms. The zero-order valence-corrected chi connectivity index (χ0v) is 25.2. The van der Waals surface area contributed by atoms with Crippen LogP contribution in [0.3, 0.4) is 0 Å². The van der Waals surface area contributed by atoms with Gasteiger partial charge in [-0.2, -0.15) is 26.3 Å². The van der Waals surface area contributed by atoms with E-state index in [1.165, 1.54) is 44.1 Å². The van der Waals surface area contributed by atoms with Gasteiger partial charge in [-0.3, -0.25) is 9.59 Å². The molecule has 1 saturated heterocycles. The molecule has 3 aromatic carbocycles. The molecule has 0 aliphatic carbocycles. The summed E-state index contributed by atoms with van der Waals surface area (Å²) in [5.74, 6) is -6.24. The molecule has 17 heteroatoms. The largest absolute Gasteiger partial charge is 0.490 e. The quantitative estimate of drug-likeness (QED) is 0.174. The molecule has 0 aromatic heterocycles. The lowest BCUT2D eigenvalue weighted by Gasteiger charge is -2.28. The van der Waals surface area contributed by atoms with E-state index in [1.54, 1.807) is 24.3 Å². The molecule has 1 atom stereocenters. The number of aliphatic carboxylic acids is 1. The summed E-state index contributed by atoms with van der Waals surface area (Å²) in [7, 11) is 1.22. The van der Waals surface area contributed by atoms with Crippen LogP contribution in [-0.4, -0.2) is 52.7 Å². The second-order valence-electron chi connectivity index (χ2n) is 10.9. The number of nitrogens with two attached hydrogens (primary N) is 1. The number of benzene rings is 3. The summed E-state index contributed by atoms with van der Waals surface area (Å²) in [4.78, 5) is 49.0. The van der Waals surface area contributed by atoms with E-state index in [0.717, 1.165) is 11.6 Å². The highest BCUT2D eigenvalue weighted by Crippen LogP contribution is 2.38. The van der Waals surface area contributed by atoms with Crippen molar-refractivity contribution in [2.75, 3.05) is 12.0 Å². The number of halogens is 8. The summed E-state index contributed by atoms with van der Waals surface area (Å²) >= 11 is 0. The second-order valence-corrected chi connectivity index (χ2v) is 10.9. The molecule has 0 bridgehead atoms. The van der Waals surface area contributed by atoms with Gasteiger partial charge in [-0.25, -0.2) is 23.3 Å². The number of esters is 1. The maximum absolute atomic E-state index is 14.3. The fourth-order valence-electron chi connectivity index (χ4n) is 4.61. The van der Waals surface area contributed by atoms with Crippen LogP contribution in [-0.2, 0) is 38.3 Å². The third-order valence-electron chi connectivity index (χ3n) is 7.26. The van der Waals surface area contributed by atoms with E-state index in [4.69, 9.17) is 15.6 Å². The van der Waals surface area contributed by atoms with Crippen LogP contribution in [0.1, 0.15) is 47.7 Å². The minimum Gasteiger partial charge on any atom is -0.475 e. The van der Waals surface area contributed by atoms with Crippen LogP contribution >= 0.6 is 0 Å². The van der Waals surface area contributed by atoms with Gasteiger partial charge in [-0.15, -0.1) is 0 Å². The van der Waals surface area contributed by atoms with Gasteiger partial charge in [0.2, 0.25) is 0 Å². The summed E-state index contributed by atoms with van der Waals surface area (Å²) in [6, 6.07) is 10.6. The second kappa shape index (κ2) is 14.0. The SMILES string of the molecule is COC(=O)C(N)c1ccc(Cc2cc(F)ccc2CN2C(=O)N(c3ccc(F)c(C(F)(F)F)c3)C(=O)C2(C)C)cc1.O=C(O)C(F)(F)F. The molecule has 48 heavy (non-hydrogen) atoms. The molecule has 3 N–H and O–H groups in total. The number of alkyl halides is 6. The predicted octanol–water partition coefficient (Wildman–Crippen LogP) is 6.13. The number of carboxylic acid groups (broad SMARTS) is 1. The van der Waals surface area contributed by atoms with Gasteiger partial charge in [0, 0.05) is 6.54 Å². The van der Waals surface area contributed by atoms with Crippen molar-refractivity contribution in [2.24, 2.45) is 5.73 Å². The number of nitrogens with zero attached hydrogens (tertiary/aromatic N) is 2. The minimum atomic E-state index is -5.08. The molecule has 1 fully saturated rings. The average molecular weight is 690 g/mol. The molecule has 4 rings (SSSR count). The number of carboxylic acids is 1. The van der Waals surface area contributed by atoms with E-state index in [1.807, 2.05) is 0 Å². The van der Waals surface area contributed by atoms with Gasteiger partial charge in [0.1, 0.15) is 23.2 Å². The van der Waals surface area contributed by atoms with Crippen molar-refractivity contribution in [1.29, 1.82) is 0 Å². The Kier molecular flexibility index (Phi) is 10.9. The van der Waals surface area contributed by atoms with Crippen LogP contribution in [0, 0.1) is 11.6 Å². The maximum atomic E-state index is 14.3. The summed E-state index contributed by atoms with van der Waals surface area (Å²) in [6.45, 7) is 2.71. The molecular formula is C31H27F8N3O6. The summed E-state index contributed by atoms with van der Waals surface area (Å²) in [5, 5.41) is 7.12. The summed E-state index contributed by atoms with van der Waals surface area (Å²) in [5.41, 5.74) is 4.57. The Labute approximate surface area is 267 Å². The van der Waals surface area contributed by atoms with E-state index in [2.05, 4.69) is 4.74 Å². The van der Waals surface area contributed by atoms with Crippen molar-refractivity contribution in [2.45, 2.75) is 50.7 Å². The van der Waals surface area contributed by atoms with E-state index in [9.17, 15) is 49.5 Å². The van der Waals surface area contributed by atoms with Crippen LogP contribution in [0.4, 0.5) is 45.6 Å². The fourth-order valence-corrected chi connectivity index (χ4v) is 4.61. The number of methoxy groups -OCH3 is 1. The number of amides is 3. The van der Waals surface area contributed by atoms with E-state index in [0.29, 0.717) is 33.7 Å². The van der Waals surface area contributed by atoms with Gasteiger partial charge in [0.05, 0.1) is 18.4 Å². The van der Waals surface area contributed by atoms with E-state index in [-0.39, 0.29) is 13.0 Å². The highest BCUT2D eigenvalue weighted by atomic mass is 19.4. The van der Waals surface area contributed by atoms with Crippen LogP contribution in [0.25, 0.3) is 0 Å². The van der Waals surface area contributed by atoms with Crippen LogP contribution in [0.2, 0.25) is 0 Å². The Morgan fingerprint density at radius 2 is 1.50 bits per heavy atom. The van der Waals surface area contributed by atoms with Gasteiger partial charge in [0.15, 0.2) is 0 Å². The number of ether oxygens (including phenoxy) is 1. The highest BCUT2D eigenvalue weighted by molar-refractivity contribution is 6.23. The van der Waals surface area contributed by atoms with Gasteiger partial charge in [-0.1, -0.05) is 30.3 Å². The molecular weight excluding hydrogens is 662 g/mol. The third-order valence-corrected chi connectivity index (χ3v) is 7.26.